The summed E-state index contributed by atoms with van der Waals surface area (Å²) in [5, 5.41) is 11.4. The van der Waals surface area contributed by atoms with Gasteiger partial charge in [-0.05, 0) is 31.7 Å². The maximum Gasteiger partial charge on any atom is 0.326 e. The molecule has 2 atom stereocenters. The van der Waals surface area contributed by atoms with Crippen LogP contribution in [-0.2, 0) is 14.4 Å². The van der Waals surface area contributed by atoms with Crippen molar-refractivity contribution in [2.24, 2.45) is 17.4 Å². The number of carbonyl (C=O) groups is 3. The largest absolute Gasteiger partial charge is 0.480 e. The normalized spacial score (nSPS) is 13.4. The summed E-state index contributed by atoms with van der Waals surface area (Å²) < 4.78 is 0. The van der Waals surface area contributed by atoms with E-state index in [1.165, 1.54) is 0 Å². The predicted octanol–water partition coefficient (Wildman–Crippen LogP) is 0.367. The van der Waals surface area contributed by atoms with Gasteiger partial charge in [-0.1, -0.05) is 19.8 Å². The van der Waals surface area contributed by atoms with Crippen LogP contribution in [-0.4, -0.2) is 35.5 Å². The number of aliphatic carboxylic acids is 1. The van der Waals surface area contributed by atoms with E-state index < -0.39 is 17.9 Å². The molecule has 0 aliphatic heterocycles. The van der Waals surface area contributed by atoms with Gasteiger partial charge in [-0.15, -0.1) is 0 Å². The smallest absolute Gasteiger partial charge is 0.326 e. The standard InChI is InChI=1S/C14H27N3O4/c1-2-3-10(8-9-15)4-7-13(19)17-11(14(20)21)5-6-12(16)18/h10-11H,2-9,15H2,1H3,(H2,16,18)(H,17,19)(H,20,21). The van der Waals surface area contributed by atoms with Crippen molar-refractivity contribution in [3.05, 3.63) is 0 Å². The first kappa shape index (κ1) is 19.4. The van der Waals surface area contributed by atoms with Crippen LogP contribution in [0.5, 0.6) is 0 Å². The molecule has 0 fully saturated rings. The van der Waals surface area contributed by atoms with E-state index in [2.05, 4.69) is 12.2 Å². The summed E-state index contributed by atoms with van der Waals surface area (Å²) in [6, 6.07) is -1.07. The van der Waals surface area contributed by atoms with Gasteiger partial charge in [0, 0.05) is 12.8 Å². The maximum atomic E-state index is 11.8. The molecule has 0 radical (unpaired) electrons. The molecule has 7 nitrogen and oxygen atoms in total. The van der Waals surface area contributed by atoms with E-state index >= 15 is 0 Å². The van der Waals surface area contributed by atoms with Crippen molar-refractivity contribution in [1.29, 1.82) is 0 Å². The summed E-state index contributed by atoms with van der Waals surface area (Å²) in [5.41, 5.74) is 10.5. The number of rotatable bonds is 12. The molecule has 0 aromatic rings. The Balaban J connectivity index is 4.23. The second kappa shape index (κ2) is 11.1. The molecular weight excluding hydrogens is 274 g/mol. The second-order valence-corrected chi connectivity index (χ2v) is 5.23. The number of hydrogen-bond donors (Lipinski definition) is 4. The van der Waals surface area contributed by atoms with Gasteiger partial charge in [0.2, 0.25) is 11.8 Å². The third-order valence-corrected chi connectivity index (χ3v) is 3.36. The van der Waals surface area contributed by atoms with E-state index in [1.54, 1.807) is 0 Å². The van der Waals surface area contributed by atoms with Crippen LogP contribution in [0.4, 0.5) is 0 Å². The average Bonchev–Trinajstić information content (AvgIpc) is 2.40. The molecule has 0 rings (SSSR count). The Hall–Kier alpha value is -1.63. The highest BCUT2D eigenvalue weighted by Crippen LogP contribution is 2.16. The van der Waals surface area contributed by atoms with E-state index in [0.717, 1.165) is 19.3 Å². The predicted molar refractivity (Wildman–Crippen MR) is 79.3 cm³/mol. The molecule has 0 saturated heterocycles. The summed E-state index contributed by atoms with van der Waals surface area (Å²) in [6.07, 6.45) is 3.81. The number of carboxylic acid groups (broad SMARTS) is 1. The van der Waals surface area contributed by atoms with Crippen molar-refractivity contribution in [2.45, 2.75) is 57.9 Å². The van der Waals surface area contributed by atoms with Gasteiger partial charge >= 0.3 is 5.97 Å². The van der Waals surface area contributed by atoms with Crippen molar-refractivity contribution in [3.8, 4) is 0 Å². The van der Waals surface area contributed by atoms with Gasteiger partial charge < -0.3 is 21.9 Å². The van der Waals surface area contributed by atoms with Crippen molar-refractivity contribution >= 4 is 17.8 Å². The molecule has 2 amide bonds. The Morgan fingerprint density at radius 3 is 2.24 bits per heavy atom. The van der Waals surface area contributed by atoms with Gasteiger partial charge in [-0.3, -0.25) is 9.59 Å². The minimum Gasteiger partial charge on any atom is -0.480 e. The molecule has 0 heterocycles. The molecule has 0 aliphatic rings. The number of nitrogens with two attached hydrogens (primary N) is 2. The van der Waals surface area contributed by atoms with Gasteiger partial charge in [0.15, 0.2) is 0 Å². The molecule has 21 heavy (non-hydrogen) atoms. The van der Waals surface area contributed by atoms with E-state index in [9.17, 15) is 14.4 Å². The molecule has 0 spiro atoms. The Morgan fingerprint density at radius 2 is 1.76 bits per heavy atom. The summed E-state index contributed by atoms with van der Waals surface area (Å²) in [4.78, 5) is 33.5. The number of nitrogens with one attached hydrogen (secondary N) is 1. The summed E-state index contributed by atoms with van der Waals surface area (Å²) in [6.45, 7) is 2.66. The lowest BCUT2D eigenvalue weighted by Crippen LogP contribution is -2.41. The monoisotopic (exact) mass is 301 g/mol. The van der Waals surface area contributed by atoms with Gasteiger partial charge in [0.25, 0.3) is 0 Å². The van der Waals surface area contributed by atoms with Crippen molar-refractivity contribution in [2.75, 3.05) is 6.54 Å². The van der Waals surface area contributed by atoms with E-state index in [-0.39, 0.29) is 25.2 Å². The zero-order chi connectivity index (χ0) is 16.3. The third-order valence-electron chi connectivity index (χ3n) is 3.36. The van der Waals surface area contributed by atoms with Crippen LogP contribution in [0, 0.1) is 5.92 Å². The topological polar surface area (TPSA) is 136 Å². The van der Waals surface area contributed by atoms with Crippen LogP contribution < -0.4 is 16.8 Å². The minimum atomic E-state index is -1.16. The number of carboxylic acids is 1. The van der Waals surface area contributed by atoms with Gasteiger partial charge in [0.1, 0.15) is 6.04 Å². The summed E-state index contributed by atoms with van der Waals surface area (Å²) >= 11 is 0. The lowest BCUT2D eigenvalue weighted by molar-refractivity contribution is -0.142. The van der Waals surface area contributed by atoms with Crippen molar-refractivity contribution in [1.82, 2.24) is 5.32 Å². The molecule has 6 N–H and O–H groups in total. The lowest BCUT2D eigenvalue weighted by Gasteiger charge is -2.17. The van der Waals surface area contributed by atoms with Crippen molar-refractivity contribution < 1.29 is 19.5 Å². The van der Waals surface area contributed by atoms with E-state index in [1.807, 2.05) is 0 Å². The summed E-state index contributed by atoms with van der Waals surface area (Å²) in [5.74, 6) is -1.66. The molecular formula is C14H27N3O4. The first-order chi connectivity index (χ1) is 9.90. The Kier molecular flexibility index (Phi) is 10.2. The number of hydrogen-bond acceptors (Lipinski definition) is 4. The first-order valence-electron chi connectivity index (χ1n) is 7.41. The molecule has 7 heteroatoms. The van der Waals surface area contributed by atoms with Crippen LogP contribution in [0.15, 0.2) is 0 Å². The lowest BCUT2D eigenvalue weighted by atomic mass is 9.94. The zero-order valence-corrected chi connectivity index (χ0v) is 12.6. The highest BCUT2D eigenvalue weighted by molar-refractivity contribution is 5.84. The molecule has 0 saturated carbocycles. The van der Waals surface area contributed by atoms with Crippen LogP contribution in [0.1, 0.15) is 51.9 Å². The first-order valence-corrected chi connectivity index (χ1v) is 7.41. The zero-order valence-electron chi connectivity index (χ0n) is 12.6. The van der Waals surface area contributed by atoms with Crippen LogP contribution in [0.2, 0.25) is 0 Å². The number of primary amides is 1. The second-order valence-electron chi connectivity index (χ2n) is 5.23. The third kappa shape index (κ3) is 9.84. The van der Waals surface area contributed by atoms with Crippen LogP contribution in [0.25, 0.3) is 0 Å². The number of amides is 2. The fourth-order valence-corrected chi connectivity index (χ4v) is 2.22. The van der Waals surface area contributed by atoms with E-state index in [4.69, 9.17) is 16.6 Å². The quantitative estimate of drug-likeness (QED) is 0.413. The molecule has 0 aliphatic carbocycles. The van der Waals surface area contributed by atoms with Gasteiger partial charge in [0.05, 0.1) is 0 Å². The average molecular weight is 301 g/mol. The van der Waals surface area contributed by atoms with E-state index in [0.29, 0.717) is 18.9 Å². The minimum absolute atomic E-state index is 0.0115. The Labute approximate surface area is 125 Å². The van der Waals surface area contributed by atoms with Crippen molar-refractivity contribution in [3.63, 3.8) is 0 Å². The van der Waals surface area contributed by atoms with Gasteiger partial charge in [-0.2, -0.15) is 0 Å². The molecule has 0 bridgehead atoms. The molecule has 2 unspecified atom stereocenters. The fourth-order valence-electron chi connectivity index (χ4n) is 2.22. The van der Waals surface area contributed by atoms with Crippen LogP contribution >= 0.6 is 0 Å². The maximum absolute atomic E-state index is 11.8. The summed E-state index contributed by atoms with van der Waals surface area (Å²) in [7, 11) is 0. The van der Waals surface area contributed by atoms with Gasteiger partial charge in [-0.25, -0.2) is 4.79 Å². The Morgan fingerprint density at radius 1 is 1.10 bits per heavy atom. The highest BCUT2D eigenvalue weighted by atomic mass is 16.4. The number of carbonyl (C=O) groups excluding carboxylic acids is 2. The SMILES string of the molecule is CCCC(CCN)CCC(=O)NC(CCC(N)=O)C(=O)O. The Bertz CT molecular complexity index is 341. The van der Waals surface area contributed by atoms with Crippen LogP contribution in [0.3, 0.4) is 0 Å². The molecule has 0 aromatic carbocycles. The molecule has 0 aromatic heterocycles. The fraction of sp³-hybridized carbons (Fsp3) is 0.786. The molecule has 122 valence electrons. The highest BCUT2D eigenvalue weighted by Gasteiger charge is 2.20.